The predicted octanol–water partition coefficient (Wildman–Crippen LogP) is 0.764. The fraction of sp³-hybridized carbons (Fsp3) is 0.769. The summed E-state index contributed by atoms with van der Waals surface area (Å²) in [5.41, 5.74) is 0. The Hall–Kier alpha value is -1.59. The molecule has 0 heterocycles. The van der Waals surface area contributed by atoms with Gasteiger partial charge in [-0.25, -0.2) is 0 Å². The smallest absolute Gasteiger partial charge is 0.308 e. The highest BCUT2D eigenvalue weighted by Crippen LogP contribution is 2.03. The van der Waals surface area contributed by atoms with Gasteiger partial charge in [0.15, 0.2) is 0 Å². The molecule has 0 radical (unpaired) electrons. The van der Waals surface area contributed by atoms with Gasteiger partial charge in [-0.1, -0.05) is 13.8 Å². The van der Waals surface area contributed by atoms with E-state index in [9.17, 15) is 14.4 Å². The van der Waals surface area contributed by atoms with Crippen molar-refractivity contribution in [2.45, 2.75) is 46.6 Å². The van der Waals surface area contributed by atoms with Gasteiger partial charge in [-0.3, -0.25) is 14.4 Å². The minimum atomic E-state index is -0.964. The fourth-order valence-electron chi connectivity index (χ4n) is 1.33. The molecule has 6 heteroatoms. The average molecular weight is 272 g/mol. The van der Waals surface area contributed by atoms with Crippen LogP contribution in [0.3, 0.4) is 0 Å². The van der Waals surface area contributed by atoms with E-state index in [-0.39, 0.29) is 18.4 Å². The number of carboxylic acids is 1. The highest BCUT2D eigenvalue weighted by atomic mass is 16.4. The lowest BCUT2D eigenvalue weighted by Crippen LogP contribution is -2.44. The molecule has 2 unspecified atom stereocenters. The molecule has 0 aliphatic rings. The molecule has 0 aromatic carbocycles. The molecule has 0 rings (SSSR count). The van der Waals surface area contributed by atoms with E-state index in [1.807, 2.05) is 13.8 Å². The summed E-state index contributed by atoms with van der Waals surface area (Å²) < 4.78 is 0. The van der Waals surface area contributed by atoms with E-state index in [4.69, 9.17) is 5.11 Å². The maximum atomic E-state index is 11.5. The number of carbonyl (C=O) groups excluding carboxylic acids is 2. The van der Waals surface area contributed by atoms with Crippen molar-refractivity contribution in [1.29, 1.82) is 0 Å². The second kappa shape index (κ2) is 8.50. The van der Waals surface area contributed by atoms with Crippen molar-refractivity contribution in [3.63, 3.8) is 0 Å². The summed E-state index contributed by atoms with van der Waals surface area (Å²) in [7, 11) is 0. The van der Waals surface area contributed by atoms with Gasteiger partial charge in [0.2, 0.25) is 11.8 Å². The highest BCUT2D eigenvalue weighted by molar-refractivity contribution is 5.85. The van der Waals surface area contributed by atoms with Crippen molar-refractivity contribution in [3.8, 4) is 0 Å². The van der Waals surface area contributed by atoms with Crippen molar-refractivity contribution >= 4 is 17.8 Å². The van der Waals surface area contributed by atoms with Crippen molar-refractivity contribution in [3.05, 3.63) is 0 Å². The van der Waals surface area contributed by atoms with Gasteiger partial charge < -0.3 is 15.7 Å². The largest absolute Gasteiger partial charge is 0.481 e. The molecule has 2 amide bonds. The molecule has 0 bridgehead atoms. The molecule has 0 aromatic heterocycles. The van der Waals surface area contributed by atoms with Gasteiger partial charge in [0.25, 0.3) is 0 Å². The van der Waals surface area contributed by atoms with Crippen molar-refractivity contribution < 1.29 is 19.5 Å². The zero-order chi connectivity index (χ0) is 15.0. The monoisotopic (exact) mass is 272 g/mol. The number of rotatable bonds is 8. The molecule has 0 saturated carbocycles. The Morgan fingerprint density at radius 2 is 1.63 bits per heavy atom. The van der Waals surface area contributed by atoms with Crippen LogP contribution in [0.5, 0.6) is 0 Å². The van der Waals surface area contributed by atoms with E-state index in [2.05, 4.69) is 10.6 Å². The Kier molecular flexibility index (Phi) is 7.79. The molecule has 0 spiro atoms. The van der Waals surface area contributed by atoms with Gasteiger partial charge in [-0.05, 0) is 26.2 Å². The first-order valence-electron chi connectivity index (χ1n) is 6.52. The second-order valence-corrected chi connectivity index (χ2v) is 5.19. The maximum Gasteiger partial charge on any atom is 0.308 e. The number of carbonyl (C=O) groups is 3. The third-order valence-electron chi connectivity index (χ3n) is 2.92. The van der Waals surface area contributed by atoms with Crippen LogP contribution in [-0.4, -0.2) is 35.5 Å². The van der Waals surface area contributed by atoms with E-state index in [1.54, 1.807) is 6.92 Å². The van der Waals surface area contributed by atoms with Crippen LogP contribution in [0.4, 0.5) is 0 Å². The Morgan fingerprint density at radius 1 is 1.05 bits per heavy atom. The van der Waals surface area contributed by atoms with E-state index in [1.165, 1.54) is 6.92 Å². The number of carboxylic acid groups (broad SMARTS) is 1. The van der Waals surface area contributed by atoms with E-state index in [0.29, 0.717) is 12.3 Å². The minimum Gasteiger partial charge on any atom is -0.481 e. The molecule has 110 valence electrons. The zero-order valence-corrected chi connectivity index (χ0v) is 12.0. The van der Waals surface area contributed by atoms with Crippen LogP contribution in [0.2, 0.25) is 0 Å². The number of hydrogen-bond acceptors (Lipinski definition) is 3. The first-order valence-corrected chi connectivity index (χ1v) is 6.52. The van der Waals surface area contributed by atoms with Crippen LogP contribution in [0.1, 0.15) is 40.5 Å². The molecular formula is C13H24N2O4. The van der Waals surface area contributed by atoms with Gasteiger partial charge in [0, 0.05) is 12.5 Å². The lowest BCUT2D eigenvalue weighted by Gasteiger charge is -2.17. The number of nitrogens with one attached hydrogen (secondary N) is 2. The first-order chi connectivity index (χ1) is 8.73. The van der Waals surface area contributed by atoms with Gasteiger partial charge in [0.1, 0.15) is 0 Å². The van der Waals surface area contributed by atoms with Crippen molar-refractivity contribution in [2.24, 2.45) is 11.8 Å². The zero-order valence-electron chi connectivity index (χ0n) is 12.0. The Labute approximate surface area is 113 Å². The van der Waals surface area contributed by atoms with E-state index in [0.717, 1.165) is 6.42 Å². The lowest BCUT2D eigenvalue weighted by atomic mass is 10.0. The molecule has 0 fully saturated rings. The lowest BCUT2D eigenvalue weighted by molar-refractivity contribution is -0.142. The molecule has 2 atom stereocenters. The molecule has 0 aliphatic carbocycles. The Bertz CT molecular complexity index is 329. The fourth-order valence-corrected chi connectivity index (χ4v) is 1.33. The van der Waals surface area contributed by atoms with Gasteiger partial charge in [-0.2, -0.15) is 0 Å². The second-order valence-electron chi connectivity index (χ2n) is 5.19. The topological polar surface area (TPSA) is 95.5 Å². The van der Waals surface area contributed by atoms with Crippen molar-refractivity contribution in [2.75, 3.05) is 6.54 Å². The molecule has 0 aromatic rings. The van der Waals surface area contributed by atoms with Gasteiger partial charge >= 0.3 is 5.97 Å². The minimum absolute atomic E-state index is 0.117. The van der Waals surface area contributed by atoms with Gasteiger partial charge in [0.05, 0.1) is 12.5 Å². The molecule has 19 heavy (non-hydrogen) atoms. The quantitative estimate of drug-likeness (QED) is 0.608. The summed E-state index contributed by atoms with van der Waals surface area (Å²) in [6.07, 6.45) is 1.17. The SMILES string of the molecule is CC(C)CCC(=O)NCC(=O)NC(C)C(C)C(=O)O. The van der Waals surface area contributed by atoms with Crippen LogP contribution in [-0.2, 0) is 14.4 Å². The molecule has 3 N–H and O–H groups in total. The Balaban J connectivity index is 3.93. The summed E-state index contributed by atoms with van der Waals surface area (Å²) >= 11 is 0. The number of hydrogen-bond donors (Lipinski definition) is 3. The molecular weight excluding hydrogens is 248 g/mol. The number of amides is 2. The Morgan fingerprint density at radius 3 is 2.11 bits per heavy atom. The normalized spacial score (nSPS) is 13.7. The van der Waals surface area contributed by atoms with Crippen LogP contribution in [0, 0.1) is 11.8 Å². The van der Waals surface area contributed by atoms with Crippen molar-refractivity contribution in [1.82, 2.24) is 10.6 Å². The van der Waals surface area contributed by atoms with E-state index < -0.39 is 17.9 Å². The number of aliphatic carboxylic acids is 1. The molecule has 0 aliphatic heterocycles. The third kappa shape index (κ3) is 8.18. The van der Waals surface area contributed by atoms with Crippen LogP contribution in [0.25, 0.3) is 0 Å². The summed E-state index contributed by atoms with van der Waals surface area (Å²) in [4.78, 5) is 33.6. The highest BCUT2D eigenvalue weighted by Gasteiger charge is 2.20. The predicted molar refractivity (Wildman–Crippen MR) is 71.5 cm³/mol. The maximum absolute atomic E-state index is 11.5. The van der Waals surface area contributed by atoms with Crippen LogP contribution in [0.15, 0.2) is 0 Å². The van der Waals surface area contributed by atoms with E-state index >= 15 is 0 Å². The summed E-state index contributed by atoms with van der Waals surface area (Å²) in [5, 5.41) is 13.8. The molecule has 6 nitrogen and oxygen atoms in total. The van der Waals surface area contributed by atoms with Crippen LogP contribution < -0.4 is 10.6 Å². The standard InChI is InChI=1S/C13H24N2O4/c1-8(2)5-6-11(16)14-7-12(17)15-10(4)9(3)13(18)19/h8-10H,5-7H2,1-4H3,(H,14,16)(H,15,17)(H,18,19). The molecule has 0 saturated heterocycles. The van der Waals surface area contributed by atoms with Gasteiger partial charge in [-0.15, -0.1) is 0 Å². The summed E-state index contributed by atoms with van der Waals surface area (Å²) in [5.74, 6) is -1.73. The first kappa shape index (κ1) is 17.4. The summed E-state index contributed by atoms with van der Waals surface area (Å²) in [6, 6.07) is -0.474. The summed E-state index contributed by atoms with van der Waals surface area (Å²) in [6.45, 7) is 7.07. The van der Waals surface area contributed by atoms with Crippen LogP contribution >= 0.6 is 0 Å². The average Bonchev–Trinajstić information content (AvgIpc) is 2.32. The third-order valence-corrected chi connectivity index (χ3v) is 2.92.